The fourth-order valence-electron chi connectivity index (χ4n) is 2.43. The van der Waals surface area contributed by atoms with Crippen molar-refractivity contribution in [2.45, 2.75) is 72.0 Å². The fourth-order valence-corrected chi connectivity index (χ4v) is 2.43. The van der Waals surface area contributed by atoms with Gasteiger partial charge in [-0.15, -0.1) is 0 Å². The Bertz CT molecular complexity index is 662. The van der Waals surface area contributed by atoms with Crippen LogP contribution in [0.25, 0.3) is 0 Å². The molecule has 0 saturated heterocycles. The average Bonchev–Trinajstić information content (AvgIpc) is 2.70. The third-order valence-electron chi connectivity index (χ3n) is 4.36. The number of ether oxygens (including phenoxy) is 1. The first-order valence-electron chi connectivity index (χ1n) is 9.90. The maximum absolute atomic E-state index is 12.6. The van der Waals surface area contributed by atoms with Gasteiger partial charge in [0.25, 0.3) is 0 Å². The van der Waals surface area contributed by atoms with Crippen molar-refractivity contribution in [1.29, 1.82) is 0 Å². The van der Waals surface area contributed by atoms with E-state index in [4.69, 9.17) is 0 Å². The summed E-state index contributed by atoms with van der Waals surface area (Å²) in [6.45, 7) is 8.18. The normalized spacial score (nSPS) is 14.0. The molecule has 0 aromatic heterocycles. The van der Waals surface area contributed by atoms with E-state index in [9.17, 15) is 24.0 Å². The summed E-state index contributed by atoms with van der Waals surface area (Å²) in [6, 6.07) is -2.61. The lowest BCUT2D eigenvalue weighted by molar-refractivity contribution is -0.144. The van der Waals surface area contributed by atoms with Crippen molar-refractivity contribution >= 4 is 29.6 Å². The highest BCUT2D eigenvalue weighted by Gasteiger charge is 2.26. The zero-order valence-electron chi connectivity index (χ0n) is 18.6. The van der Waals surface area contributed by atoms with Crippen LogP contribution in [0.15, 0.2) is 11.6 Å². The van der Waals surface area contributed by atoms with Crippen LogP contribution in [0.2, 0.25) is 0 Å². The molecule has 30 heavy (non-hydrogen) atoms. The van der Waals surface area contributed by atoms with E-state index in [1.807, 2.05) is 0 Å². The van der Waals surface area contributed by atoms with Gasteiger partial charge in [-0.05, 0) is 47.0 Å². The molecule has 10 heteroatoms. The van der Waals surface area contributed by atoms with Gasteiger partial charge in [-0.2, -0.15) is 0 Å². The second-order valence-corrected chi connectivity index (χ2v) is 6.96. The summed E-state index contributed by atoms with van der Waals surface area (Å²) in [5, 5.41) is 10.3. The molecule has 0 bridgehead atoms. The second kappa shape index (κ2) is 14.1. The van der Waals surface area contributed by atoms with Gasteiger partial charge in [-0.1, -0.05) is 6.08 Å². The smallest absolute Gasteiger partial charge is 0.328 e. The molecule has 0 spiro atoms. The minimum absolute atomic E-state index is 0.156. The average molecular weight is 427 g/mol. The Morgan fingerprint density at radius 3 is 2.07 bits per heavy atom. The van der Waals surface area contributed by atoms with E-state index in [0.717, 1.165) is 0 Å². The molecule has 0 rings (SSSR count). The van der Waals surface area contributed by atoms with Crippen molar-refractivity contribution in [1.82, 2.24) is 21.3 Å². The molecule has 0 fully saturated rings. The highest BCUT2D eigenvalue weighted by atomic mass is 16.5. The van der Waals surface area contributed by atoms with E-state index in [0.29, 0.717) is 25.0 Å². The number of hydrogen-bond donors (Lipinski definition) is 4. The number of hydrogen-bond acceptors (Lipinski definition) is 6. The van der Waals surface area contributed by atoms with E-state index in [1.165, 1.54) is 27.9 Å². The molecular weight excluding hydrogens is 392 g/mol. The summed E-state index contributed by atoms with van der Waals surface area (Å²) in [7, 11) is 1.21. The van der Waals surface area contributed by atoms with Gasteiger partial charge >= 0.3 is 5.97 Å². The molecular formula is C20H34N4O6. The summed E-state index contributed by atoms with van der Waals surface area (Å²) in [6.07, 6.45) is 3.13. The Hall–Kier alpha value is -2.91. The topological polar surface area (TPSA) is 143 Å². The van der Waals surface area contributed by atoms with Gasteiger partial charge in [0.1, 0.15) is 18.1 Å². The Morgan fingerprint density at radius 1 is 0.900 bits per heavy atom. The number of carbonyl (C=O) groups is 5. The predicted octanol–water partition coefficient (Wildman–Crippen LogP) is -0.0738. The fraction of sp³-hybridized carbons (Fsp3) is 0.650. The third-order valence-corrected chi connectivity index (χ3v) is 4.36. The molecule has 0 radical (unpaired) electrons. The maximum atomic E-state index is 12.6. The lowest BCUT2D eigenvalue weighted by atomic mass is 10.1. The van der Waals surface area contributed by atoms with E-state index in [1.54, 1.807) is 19.9 Å². The Morgan fingerprint density at radius 2 is 1.53 bits per heavy atom. The van der Waals surface area contributed by atoms with Gasteiger partial charge in [0.2, 0.25) is 23.6 Å². The van der Waals surface area contributed by atoms with Gasteiger partial charge in [-0.25, -0.2) is 4.79 Å². The summed E-state index contributed by atoms with van der Waals surface area (Å²) < 4.78 is 4.59. The molecule has 0 unspecified atom stereocenters. The quantitative estimate of drug-likeness (QED) is 0.195. The number of esters is 1. The number of nitrogens with one attached hydrogen (secondary N) is 4. The van der Waals surface area contributed by atoms with Crippen molar-refractivity contribution in [2.75, 3.05) is 13.7 Å². The summed E-state index contributed by atoms with van der Waals surface area (Å²) in [5.74, 6) is -2.19. The van der Waals surface area contributed by atoms with Crippen molar-refractivity contribution in [3.05, 3.63) is 11.6 Å². The van der Waals surface area contributed by atoms with Crippen LogP contribution < -0.4 is 21.3 Å². The first-order chi connectivity index (χ1) is 14.0. The second-order valence-electron chi connectivity index (χ2n) is 6.96. The number of amides is 4. The number of allylic oxidation sites excluding steroid dienone is 1. The first-order valence-corrected chi connectivity index (χ1v) is 9.90. The third kappa shape index (κ3) is 10.6. The Kier molecular flexibility index (Phi) is 12.8. The van der Waals surface area contributed by atoms with Crippen LogP contribution in [0.1, 0.15) is 53.9 Å². The van der Waals surface area contributed by atoms with E-state index < -0.39 is 35.9 Å². The van der Waals surface area contributed by atoms with Crippen LogP contribution in [-0.4, -0.2) is 61.4 Å². The molecule has 10 nitrogen and oxygen atoms in total. The number of methoxy groups -OCH3 is 1. The molecule has 3 atom stereocenters. The van der Waals surface area contributed by atoms with Crippen molar-refractivity contribution in [2.24, 2.45) is 0 Å². The molecule has 4 N–H and O–H groups in total. The SMILES string of the molecule is C/C=C(\C)C(=O)NCCCC[C@H](NC(=O)[C@H](C)NC(C)=O)C(=O)N[C@@H](C)C(=O)OC. The van der Waals surface area contributed by atoms with Crippen LogP contribution in [0.5, 0.6) is 0 Å². The van der Waals surface area contributed by atoms with E-state index >= 15 is 0 Å². The first kappa shape index (κ1) is 27.1. The van der Waals surface area contributed by atoms with E-state index in [2.05, 4.69) is 26.0 Å². The lowest BCUT2D eigenvalue weighted by Gasteiger charge is -2.22. The van der Waals surface area contributed by atoms with Crippen LogP contribution in [0.4, 0.5) is 0 Å². The minimum atomic E-state index is -0.909. The zero-order chi connectivity index (χ0) is 23.3. The standard InChI is InChI=1S/C20H34N4O6/c1-7-12(2)17(26)21-11-9-8-10-16(19(28)23-14(4)20(29)30-6)24-18(27)13(3)22-15(5)25/h7,13-14,16H,8-11H2,1-6H3,(H,21,26)(H,22,25)(H,23,28)(H,24,27)/b12-7+/t13-,14-,16-/m0/s1. The van der Waals surface area contributed by atoms with Crippen LogP contribution in [0, 0.1) is 0 Å². The monoisotopic (exact) mass is 426 g/mol. The molecule has 0 aliphatic carbocycles. The summed E-state index contributed by atoms with van der Waals surface area (Å²) >= 11 is 0. The molecule has 4 amide bonds. The van der Waals surface area contributed by atoms with Gasteiger partial charge < -0.3 is 26.0 Å². The van der Waals surface area contributed by atoms with Gasteiger partial charge in [0.05, 0.1) is 7.11 Å². The number of carbonyl (C=O) groups excluding carboxylic acids is 5. The van der Waals surface area contributed by atoms with Crippen molar-refractivity contribution in [3.63, 3.8) is 0 Å². The molecule has 0 aliphatic rings. The summed E-state index contributed by atoms with van der Waals surface area (Å²) in [5.41, 5.74) is 0.614. The van der Waals surface area contributed by atoms with Gasteiger partial charge in [-0.3, -0.25) is 19.2 Å². The Balaban J connectivity index is 4.87. The zero-order valence-corrected chi connectivity index (χ0v) is 18.6. The number of unbranched alkanes of at least 4 members (excludes halogenated alkanes) is 1. The molecule has 0 saturated carbocycles. The predicted molar refractivity (Wildman–Crippen MR) is 111 cm³/mol. The molecule has 0 heterocycles. The minimum Gasteiger partial charge on any atom is -0.467 e. The van der Waals surface area contributed by atoms with Gasteiger partial charge in [0.15, 0.2) is 0 Å². The van der Waals surface area contributed by atoms with Crippen LogP contribution >= 0.6 is 0 Å². The Labute approximate surface area is 177 Å². The van der Waals surface area contributed by atoms with Gasteiger partial charge in [0, 0.05) is 19.0 Å². The molecule has 0 aromatic rings. The highest BCUT2D eigenvalue weighted by molar-refractivity contribution is 5.93. The molecule has 0 aliphatic heterocycles. The van der Waals surface area contributed by atoms with Crippen molar-refractivity contribution < 1.29 is 28.7 Å². The summed E-state index contributed by atoms with van der Waals surface area (Å²) in [4.78, 5) is 59.3. The van der Waals surface area contributed by atoms with Crippen molar-refractivity contribution in [3.8, 4) is 0 Å². The van der Waals surface area contributed by atoms with Crippen LogP contribution in [-0.2, 0) is 28.7 Å². The van der Waals surface area contributed by atoms with Crippen LogP contribution in [0.3, 0.4) is 0 Å². The lowest BCUT2D eigenvalue weighted by Crippen LogP contribution is -2.54. The van der Waals surface area contributed by atoms with E-state index in [-0.39, 0.29) is 18.2 Å². The molecule has 0 aromatic carbocycles. The largest absolute Gasteiger partial charge is 0.467 e. The highest BCUT2D eigenvalue weighted by Crippen LogP contribution is 2.04. The molecule has 170 valence electrons. The number of rotatable bonds is 12. The maximum Gasteiger partial charge on any atom is 0.328 e.